The molecule has 3 nitrogen and oxygen atoms in total. The molecule has 0 aromatic heterocycles. The van der Waals surface area contributed by atoms with Crippen LogP contribution < -0.4 is 0 Å². The Morgan fingerprint density at radius 2 is 1.89 bits per heavy atom. The second-order valence-corrected chi connectivity index (χ2v) is 5.66. The van der Waals surface area contributed by atoms with Crippen LogP contribution in [0.15, 0.2) is 35.3 Å². The zero-order chi connectivity index (χ0) is 13.2. The molecule has 0 bridgehead atoms. The number of aliphatic imine (C=N–C) groups is 1. The van der Waals surface area contributed by atoms with Gasteiger partial charge in [0.05, 0.1) is 6.61 Å². The number of methoxy groups -OCH3 is 1. The van der Waals surface area contributed by atoms with E-state index in [1.165, 1.54) is 0 Å². The Morgan fingerprint density at radius 1 is 1.22 bits per heavy atom. The third-order valence-corrected chi connectivity index (χ3v) is 2.98. The van der Waals surface area contributed by atoms with E-state index in [0.717, 1.165) is 11.5 Å². The normalized spacial score (nSPS) is 23.7. The Bertz CT molecular complexity index is 420. The summed E-state index contributed by atoms with van der Waals surface area (Å²) in [6, 6.07) is 10.3. The molecule has 0 saturated carbocycles. The topological polar surface area (TPSA) is 30.8 Å². The molecule has 0 radical (unpaired) electrons. The van der Waals surface area contributed by atoms with Gasteiger partial charge in [0.1, 0.15) is 12.1 Å². The third kappa shape index (κ3) is 2.72. The SMILES string of the molecule is COC[C@@H]1N=C(C(C)(C)C)O[C@H]1c1ccccc1. The van der Waals surface area contributed by atoms with Crippen molar-refractivity contribution in [3.05, 3.63) is 35.9 Å². The average Bonchev–Trinajstić information content (AvgIpc) is 2.75. The summed E-state index contributed by atoms with van der Waals surface area (Å²) in [5.41, 5.74) is 1.10. The van der Waals surface area contributed by atoms with Crippen molar-refractivity contribution < 1.29 is 9.47 Å². The summed E-state index contributed by atoms with van der Waals surface area (Å²) in [5.74, 6) is 0.818. The first-order valence-electron chi connectivity index (χ1n) is 6.31. The standard InChI is InChI=1S/C15H21NO2/c1-15(2,3)14-16-12(10-17-4)13(18-14)11-8-6-5-7-9-11/h5-9,12-13H,10H2,1-4H3/t12-,13-/m0/s1. The average molecular weight is 247 g/mol. The summed E-state index contributed by atoms with van der Waals surface area (Å²) < 4.78 is 11.3. The molecule has 0 N–H and O–H groups in total. The predicted molar refractivity (Wildman–Crippen MR) is 72.8 cm³/mol. The highest BCUT2D eigenvalue weighted by Crippen LogP contribution is 2.34. The molecule has 2 rings (SSSR count). The lowest BCUT2D eigenvalue weighted by molar-refractivity contribution is 0.114. The molecule has 1 aromatic carbocycles. The Kier molecular flexibility index (Phi) is 3.71. The van der Waals surface area contributed by atoms with E-state index in [9.17, 15) is 0 Å². The number of rotatable bonds is 3. The van der Waals surface area contributed by atoms with Gasteiger partial charge in [0, 0.05) is 12.5 Å². The fraction of sp³-hybridized carbons (Fsp3) is 0.533. The van der Waals surface area contributed by atoms with Gasteiger partial charge < -0.3 is 9.47 Å². The van der Waals surface area contributed by atoms with Crippen LogP contribution in [0.5, 0.6) is 0 Å². The van der Waals surface area contributed by atoms with E-state index in [0.29, 0.717) is 6.61 Å². The summed E-state index contributed by atoms with van der Waals surface area (Å²) in [6.07, 6.45) is -0.0274. The van der Waals surface area contributed by atoms with E-state index < -0.39 is 0 Å². The maximum atomic E-state index is 6.05. The molecule has 0 amide bonds. The minimum atomic E-state index is -0.0600. The van der Waals surface area contributed by atoms with Gasteiger partial charge in [0.25, 0.3) is 0 Å². The highest BCUT2D eigenvalue weighted by atomic mass is 16.5. The van der Waals surface area contributed by atoms with Gasteiger partial charge >= 0.3 is 0 Å². The largest absolute Gasteiger partial charge is 0.470 e. The first-order valence-corrected chi connectivity index (χ1v) is 6.31. The van der Waals surface area contributed by atoms with Crippen molar-refractivity contribution in [1.29, 1.82) is 0 Å². The van der Waals surface area contributed by atoms with Crippen molar-refractivity contribution in [3.63, 3.8) is 0 Å². The van der Waals surface area contributed by atoms with Crippen LogP contribution in [-0.4, -0.2) is 25.7 Å². The van der Waals surface area contributed by atoms with E-state index in [4.69, 9.17) is 9.47 Å². The van der Waals surface area contributed by atoms with Crippen LogP contribution in [0.1, 0.15) is 32.4 Å². The summed E-state index contributed by atoms with van der Waals surface area (Å²) in [6.45, 7) is 6.92. The summed E-state index contributed by atoms with van der Waals surface area (Å²) in [5, 5.41) is 0. The molecule has 98 valence electrons. The summed E-state index contributed by atoms with van der Waals surface area (Å²) in [7, 11) is 1.70. The minimum Gasteiger partial charge on any atom is -0.470 e. The predicted octanol–water partition coefficient (Wildman–Crippen LogP) is 3.22. The molecule has 0 saturated heterocycles. The van der Waals surface area contributed by atoms with Crippen LogP contribution >= 0.6 is 0 Å². The smallest absolute Gasteiger partial charge is 0.190 e. The van der Waals surface area contributed by atoms with Crippen LogP contribution in [0.2, 0.25) is 0 Å². The van der Waals surface area contributed by atoms with Gasteiger partial charge in [-0.1, -0.05) is 51.1 Å². The van der Waals surface area contributed by atoms with Crippen LogP contribution in [-0.2, 0) is 9.47 Å². The van der Waals surface area contributed by atoms with E-state index in [-0.39, 0.29) is 17.6 Å². The molecule has 3 heteroatoms. The summed E-state index contributed by atoms with van der Waals surface area (Å²) >= 11 is 0. The Morgan fingerprint density at radius 3 is 2.44 bits per heavy atom. The third-order valence-electron chi connectivity index (χ3n) is 2.98. The molecule has 0 unspecified atom stereocenters. The van der Waals surface area contributed by atoms with Crippen LogP contribution in [0.25, 0.3) is 0 Å². The number of benzene rings is 1. The van der Waals surface area contributed by atoms with Crippen molar-refractivity contribution in [2.45, 2.75) is 32.9 Å². The molecule has 0 aliphatic carbocycles. The molecule has 1 heterocycles. The highest BCUT2D eigenvalue weighted by Gasteiger charge is 2.36. The first kappa shape index (κ1) is 13.1. The number of ether oxygens (including phenoxy) is 2. The van der Waals surface area contributed by atoms with Crippen molar-refractivity contribution in [2.24, 2.45) is 10.4 Å². The zero-order valence-corrected chi connectivity index (χ0v) is 11.5. The minimum absolute atomic E-state index is 0.0274. The second kappa shape index (κ2) is 5.11. The van der Waals surface area contributed by atoms with Gasteiger partial charge in [-0.15, -0.1) is 0 Å². The van der Waals surface area contributed by atoms with E-state index in [1.54, 1.807) is 7.11 Å². The molecule has 18 heavy (non-hydrogen) atoms. The molecule has 0 fully saturated rings. The first-order chi connectivity index (χ1) is 8.52. The molecular formula is C15H21NO2. The Labute approximate surface area is 109 Å². The van der Waals surface area contributed by atoms with Crippen LogP contribution in [0.3, 0.4) is 0 Å². The quantitative estimate of drug-likeness (QED) is 0.821. The van der Waals surface area contributed by atoms with Gasteiger partial charge in [-0.05, 0) is 5.56 Å². The number of nitrogens with zero attached hydrogens (tertiary/aromatic N) is 1. The van der Waals surface area contributed by atoms with Gasteiger partial charge in [0.2, 0.25) is 0 Å². The van der Waals surface area contributed by atoms with Gasteiger partial charge in [-0.3, -0.25) is 0 Å². The monoisotopic (exact) mass is 247 g/mol. The second-order valence-electron chi connectivity index (χ2n) is 5.66. The number of hydrogen-bond acceptors (Lipinski definition) is 3. The van der Waals surface area contributed by atoms with Gasteiger partial charge in [-0.25, -0.2) is 4.99 Å². The summed E-state index contributed by atoms with van der Waals surface area (Å²) in [4.78, 5) is 4.68. The fourth-order valence-corrected chi connectivity index (χ4v) is 2.05. The van der Waals surface area contributed by atoms with Crippen molar-refractivity contribution >= 4 is 5.90 Å². The Balaban J connectivity index is 2.23. The van der Waals surface area contributed by atoms with E-state index >= 15 is 0 Å². The van der Waals surface area contributed by atoms with E-state index in [2.05, 4.69) is 37.9 Å². The van der Waals surface area contributed by atoms with Gasteiger partial charge in [-0.2, -0.15) is 0 Å². The maximum absolute atomic E-state index is 6.05. The molecule has 1 aromatic rings. The lowest BCUT2D eigenvalue weighted by atomic mass is 9.97. The van der Waals surface area contributed by atoms with Gasteiger partial charge in [0.15, 0.2) is 5.90 Å². The molecular weight excluding hydrogens is 226 g/mol. The highest BCUT2D eigenvalue weighted by molar-refractivity contribution is 5.83. The van der Waals surface area contributed by atoms with Crippen LogP contribution in [0.4, 0.5) is 0 Å². The van der Waals surface area contributed by atoms with Crippen molar-refractivity contribution in [2.75, 3.05) is 13.7 Å². The molecule has 0 spiro atoms. The maximum Gasteiger partial charge on any atom is 0.190 e. The molecule has 1 aliphatic heterocycles. The van der Waals surface area contributed by atoms with E-state index in [1.807, 2.05) is 18.2 Å². The lowest BCUT2D eigenvalue weighted by Gasteiger charge is -2.21. The van der Waals surface area contributed by atoms with Crippen molar-refractivity contribution in [1.82, 2.24) is 0 Å². The fourth-order valence-electron chi connectivity index (χ4n) is 2.05. The van der Waals surface area contributed by atoms with Crippen LogP contribution in [0, 0.1) is 5.41 Å². The molecule has 1 aliphatic rings. The molecule has 2 atom stereocenters. The van der Waals surface area contributed by atoms with Crippen molar-refractivity contribution in [3.8, 4) is 0 Å². The number of hydrogen-bond donors (Lipinski definition) is 0. The Hall–Kier alpha value is -1.35. The zero-order valence-electron chi connectivity index (χ0n) is 11.5. The lowest BCUT2D eigenvalue weighted by Crippen LogP contribution is -2.22.